The second kappa shape index (κ2) is 5.14. The van der Waals surface area contributed by atoms with E-state index >= 15 is 0 Å². The molecule has 1 unspecified atom stereocenters. The maximum absolute atomic E-state index is 12.9. The van der Waals surface area contributed by atoms with E-state index in [1.165, 1.54) is 12.1 Å². The number of piperidine rings is 1. The molecule has 110 valence electrons. The number of carbonyl (C=O) groups is 1. The molecule has 1 aliphatic rings. The zero-order chi connectivity index (χ0) is 15.0. The average Bonchev–Trinajstić information content (AvgIpc) is 2.39. The molecular formula is C13H16FNO4S. The van der Waals surface area contributed by atoms with Gasteiger partial charge in [-0.15, -0.1) is 0 Å². The predicted octanol–water partition coefficient (Wildman–Crippen LogP) is 1.70. The van der Waals surface area contributed by atoms with E-state index in [9.17, 15) is 22.7 Å². The summed E-state index contributed by atoms with van der Waals surface area (Å²) in [4.78, 5) is 11.2. The second-order valence-corrected chi connectivity index (χ2v) is 7.20. The number of hydrogen-bond donors (Lipinski definition) is 1. The van der Waals surface area contributed by atoms with Gasteiger partial charge in [0.1, 0.15) is 5.82 Å². The number of hydrogen-bond acceptors (Lipinski definition) is 3. The second-order valence-electron chi connectivity index (χ2n) is 5.26. The van der Waals surface area contributed by atoms with Crippen LogP contribution in [-0.2, 0) is 14.8 Å². The summed E-state index contributed by atoms with van der Waals surface area (Å²) in [6.07, 6.45) is 0.932. The van der Waals surface area contributed by atoms with Crippen LogP contribution in [0, 0.1) is 11.2 Å². The van der Waals surface area contributed by atoms with Gasteiger partial charge in [0, 0.05) is 13.1 Å². The Morgan fingerprint density at radius 3 is 2.50 bits per heavy atom. The molecule has 7 heteroatoms. The highest BCUT2D eigenvalue weighted by molar-refractivity contribution is 7.89. The third-order valence-electron chi connectivity index (χ3n) is 3.63. The number of halogens is 1. The monoisotopic (exact) mass is 301 g/mol. The minimum Gasteiger partial charge on any atom is -0.481 e. The van der Waals surface area contributed by atoms with E-state index < -0.39 is 27.2 Å². The number of aliphatic carboxylic acids is 1. The van der Waals surface area contributed by atoms with Crippen LogP contribution >= 0.6 is 0 Å². The van der Waals surface area contributed by atoms with Crippen LogP contribution in [0.4, 0.5) is 4.39 Å². The van der Waals surface area contributed by atoms with Crippen LogP contribution in [0.15, 0.2) is 29.2 Å². The van der Waals surface area contributed by atoms with Crippen LogP contribution in [-0.4, -0.2) is 36.9 Å². The zero-order valence-electron chi connectivity index (χ0n) is 11.0. The molecule has 0 radical (unpaired) electrons. The summed E-state index contributed by atoms with van der Waals surface area (Å²) in [5.74, 6) is -1.52. The first-order chi connectivity index (χ1) is 9.25. The molecule has 1 heterocycles. The molecule has 1 atom stereocenters. The molecule has 5 nitrogen and oxygen atoms in total. The quantitative estimate of drug-likeness (QED) is 0.922. The average molecular weight is 301 g/mol. The largest absolute Gasteiger partial charge is 0.481 e. The van der Waals surface area contributed by atoms with Gasteiger partial charge in [-0.3, -0.25) is 4.79 Å². The number of sulfonamides is 1. The number of rotatable bonds is 3. The first-order valence-corrected chi connectivity index (χ1v) is 7.69. The Morgan fingerprint density at radius 1 is 1.35 bits per heavy atom. The predicted molar refractivity (Wildman–Crippen MR) is 70.1 cm³/mol. The van der Waals surface area contributed by atoms with Crippen molar-refractivity contribution in [2.75, 3.05) is 13.1 Å². The van der Waals surface area contributed by atoms with Crippen molar-refractivity contribution in [3.05, 3.63) is 30.1 Å². The maximum atomic E-state index is 12.9. The fourth-order valence-electron chi connectivity index (χ4n) is 2.33. The molecule has 0 bridgehead atoms. The number of nitrogens with zero attached hydrogens (tertiary/aromatic N) is 1. The molecule has 1 saturated heterocycles. The van der Waals surface area contributed by atoms with Gasteiger partial charge in [0.25, 0.3) is 0 Å². The van der Waals surface area contributed by atoms with Gasteiger partial charge in [-0.1, -0.05) is 0 Å². The van der Waals surface area contributed by atoms with E-state index in [1.54, 1.807) is 6.92 Å². The van der Waals surface area contributed by atoms with Gasteiger partial charge >= 0.3 is 5.97 Å². The van der Waals surface area contributed by atoms with Crippen LogP contribution < -0.4 is 0 Å². The molecule has 1 aromatic carbocycles. The highest BCUT2D eigenvalue weighted by Crippen LogP contribution is 2.32. The summed E-state index contributed by atoms with van der Waals surface area (Å²) in [5.41, 5.74) is -1.08. The van der Waals surface area contributed by atoms with Gasteiger partial charge < -0.3 is 5.11 Å². The summed E-state index contributed by atoms with van der Waals surface area (Å²) in [7, 11) is -3.78. The van der Waals surface area contributed by atoms with Crippen LogP contribution in [0.2, 0.25) is 0 Å². The van der Waals surface area contributed by atoms with Crippen molar-refractivity contribution < 1.29 is 22.7 Å². The minimum absolute atomic E-state index is 0.0199. The van der Waals surface area contributed by atoms with E-state index in [0.29, 0.717) is 12.8 Å². The minimum atomic E-state index is -3.78. The fourth-order valence-corrected chi connectivity index (χ4v) is 3.93. The number of carboxylic acid groups (broad SMARTS) is 1. The molecule has 1 aliphatic heterocycles. The number of benzene rings is 1. The van der Waals surface area contributed by atoms with Gasteiger partial charge in [-0.2, -0.15) is 4.31 Å². The third-order valence-corrected chi connectivity index (χ3v) is 5.49. The van der Waals surface area contributed by atoms with Gasteiger partial charge in [0.2, 0.25) is 10.0 Å². The lowest BCUT2D eigenvalue weighted by atomic mass is 9.83. The van der Waals surface area contributed by atoms with E-state index in [0.717, 1.165) is 16.4 Å². The van der Waals surface area contributed by atoms with Crippen molar-refractivity contribution in [2.45, 2.75) is 24.7 Å². The van der Waals surface area contributed by atoms with E-state index in [4.69, 9.17) is 0 Å². The van der Waals surface area contributed by atoms with Crippen LogP contribution in [0.25, 0.3) is 0 Å². The van der Waals surface area contributed by atoms with Crippen molar-refractivity contribution >= 4 is 16.0 Å². The summed E-state index contributed by atoms with van der Waals surface area (Å²) < 4.78 is 38.9. The highest BCUT2D eigenvalue weighted by atomic mass is 32.2. The van der Waals surface area contributed by atoms with E-state index in [-0.39, 0.29) is 18.0 Å². The topological polar surface area (TPSA) is 74.7 Å². The van der Waals surface area contributed by atoms with Gasteiger partial charge in [-0.05, 0) is 44.0 Å². The first-order valence-electron chi connectivity index (χ1n) is 6.25. The molecular weight excluding hydrogens is 285 g/mol. The molecule has 0 aromatic heterocycles. The Kier molecular flexibility index (Phi) is 3.84. The Hall–Kier alpha value is -1.47. The lowest BCUT2D eigenvalue weighted by molar-refractivity contribution is -0.150. The lowest BCUT2D eigenvalue weighted by Crippen LogP contribution is -2.48. The highest BCUT2D eigenvalue weighted by Gasteiger charge is 2.41. The van der Waals surface area contributed by atoms with Crippen molar-refractivity contribution in [1.29, 1.82) is 0 Å². The molecule has 0 amide bonds. The van der Waals surface area contributed by atoms with Crippen molar-refractivity contribution in [1.82, 2.24) is 4.31 Å². The lowest BCUT2D eigenvalue weighted by Gasteiger charge is -2.36. The van der Waals surface area contributed by atoms with Gasteiger partial charge in [0.15, 0.2) is 0 Å². The van der Waals surface area contributed by atoms with Crippen LogP contribution in [0.1, 0.15) is 19.8 Å². The molecule has 1 fully saturated rings. The fraction of sp³-hybridized carbons (Fsp3) is 0.462. The smallest absolute Gasteiger partial charge is 0.310 e. The Morgan fingerprint density at radius 2 is 1.95 bits per heavy atom. The zero-order valence-corrected chi connectivity index (χ0v) is 11.9. The van der Waals surface area contributed by atoms with Crippen molar-refractivity contribution in [3.8, 4) is 0 Å². The van der Waals surface area contributed by atoms with Crippen molar-refractivity contribution in [2.24, 2.45) is 5.41 Å². The number of carboxylic acids is 1. The molecule has 0 spiro atoms. The van der Waals surface area contributed by atoms with E-state index in [1.807, 2.05) is 0 Å². The molecule has 0 aliphatic carbocycles. The Labute approximate surface area is 117 Å². The molecule has 1 N–H and O–H groups in total. The molecule has 0 saturated carbocycles. The summed E-state index contributed by atoms with van der Waals surface area (Å²) in [5, 5.41) is 9.22. The van der Waals surface area contributed by atoms with E-state index in [2.05, 4.69) is 0 Å². The van der Waals surface area contributed by atoms with Crippen LogP contribution in [0.3, 0.4) is 0 Å². The van der Waals surface area contributed by atoms with Gasteiger partial charge in [-0.25, -0.2) is 12.8 Å². The maximum Gasteiger partial charge on any atom is 0.310 e. The Balaban J connectivity index is 2.30. The third kappa shape index (κ3) is 2.69. The summed E-state index contributed by atoms with van der Waals surface area (Å²) >= 11 is 0. The first kappa shape index (κ1) is 14.9. The molecule has 20 heavy (non-hydrogen) atoms. The summed E-state index contributed by atoms with van der Waals surface area (Å²) in [6.45, 7) is 1.76. The summed E-state index contributed by atoms with van der Waals surface area (Å²) in [6, 6.07) is 4.54. The SMILES string of the molecule is CC1(C(=O)O)CCCN(S(=O)(=O)c2ccc(F)cc2)C1. The van der Waals surface area contributed by atoms with Crippen molar-refractivity contribution in [3.63, 3.8) is 0 Å². The normalized spacial score (nSPS) is 24.5. The molecule has 1 aromatic rings. The standard InChI is InChI=1S/C13H16FNO4S/c1-13(12(16)17)7-2-8-15(9-13)20(18,19)11-5-3-10(14)4-6-11/h3-6H,2,7-9H2,1H3,(H,16,17). The van der Waals surface area contributed by atoms with Gasteiger partial charge in [0.05, 0.1) is 10.3 Å². The Bertz CT molecular complexity index is 614. The molecule has 2 rings (SSSR count). The van der Waals surface area contributed by atoms with Crippen LogP contribution in [0.5, 0.6) is 0 Å².